The van der Waals surface area contributed by atoms with Crippen LogP contribution in [0.15, 0.2) is 53.3 Å². The molecule has 0 saturated carbocycles. The number of hydrogen-bond acceptors (Lipinski definition) is 6. The molecule has 1 aromatic carbocycles. The number of benzene rings is 1. The zero-order chi connectivity index (χ0) is 18.8. The Kier molecular flexibility index (Phi) is 4.37. The van der Waals surface area contributed by atoms with Crippen molar-refractivity contribution in [2.24, 2.45) is 0 Å². The van der Waals surface area contributed by atoms with Crippen LogP contribution in [-0.2, 0) is 13.0 Å². The third kappa shape index (κ3) is 3.17. The first-order valence-corrected chi connectivity index (χ1v) is 8.62. The molecular weight excluding hydrogens is 344 g/mol. The number of nitrogens with zero attached hydrogens (tertiary/aromatic N) is 6. The average molecular weight is 362 g/mol. The van der Waals surface area contributed by atoms with Crippen molar-refractivity contribution in [1.82, 2.24) is 29.6 Å². The second kappa shape index (κ2) is 6.99. The zero-order valence-electron chi connectivity index (χ0n) is 15.0. The van der Waals surface area contributed by atoms with E-state index in [-0.39, 0.29) is 12.5 Å². The lowest BCUT2D eigenvalue weighted by Crippen LogP contribution is -2.26. The van der Waals surface area contributed by atoms with Gasteiger partial charge in [0.05, 0.1) is 18.4 Å². The lowest BCUT2D eigenvalue weighted by molar-refractivity contribution is 0.0771. The van der Waals surface area contributed by atoms with Crippen molar-refractivity contribution < 1.29 is 9.32 Å². The van der Waals surface area contributed by atoms with Gasteiger partial charge in [-0.1, -0.05) is 42.4 Å². The third-order valence-corrected chi connectivity index (χ3v) is 4.25. The molecule has 0 radical (unpaired) electrons. The van der Waals surface area contributed by atoms with E-state index in [1.165, 1.54) is 4.90 Å². The SMILES string of the molecule is CCc1noc(CN(C)C(=O)c2cnn3c(-c4ccccc4)ccnc23)n1. The van der Waals surface area contributed by atoms with E-state index < -0.39 is 0 Å². The standard InChI is InChI=1S/C19H18N6O2/c1-3-16-22-17(27-23-16)12-24(2)19(26)14-11-21-25-15(9-10-20-18(14)25)13-7-5-4-6-8-13/h4-11H,3,12H2,1-2H3. The van der Waals surface area contributed by atoms with Gasteiger partial charge in [0.15, 0.2) is 11.5 Å². The Labute approximate surface area is 155 Å². The number of aromatic nitrogens is 5. The summed E-state index contributed by atoms with van der Waals surface area (Å²) in [7, 11) is 1.68. The van der Waals surface area contributed by atoms with Crippen molar-refractivity contribution in [3.05, 3.63) is 66.1 Å². The van der Waals surface area contributed by atoms with Gasteiger partial charge in [0.25, 0.3) is 5.91 Å². The first kappa shape index (κ1) is 16.9. The molecule has 3 aromatic heterocycles. The summed E-state index contributed by atoms with van der Waals surface area (Å²) in [5.41, 5.74) is 2.79. The molecule has 0 aliphatic carbocycles. The van der Waals surface area contributed by atoms with E-state index >= 15 is 0 Å². The van der Waals surface area contributed by atoms with E-state index in [9.17, 15) is 4.79 Å². The fourth-order valence-corrected chi connectivity index (χ4v) is 2.85. The maximum Gasteiger partial charge on any atom is 0.259 e. The number of fused-ring (bicyclic) bond motifs is 1. The Morgan fingerprint density at radius 3 is 2.78 bits per heavy atom. The summed E-state index contributed by atoms with van der Waals surface area (Å²) >= 11 is 0. The average Bonchev–Trinajstić information content (AvgIpc) is 3.34. The molecule has 4 rings (SSSR count). The van der Waals surface area contributed by atoms with E-state index in [4.69, 9.17) is 4.52 Å². The van der Waals surface area contributed by atoms with Crippen LogP contribution in [0.3, 0.4) is 0 Å². The molecule has 3 heterocycles. The summed E-state index contributed by atoms with van der Waals surface area (Å²) in [4.78, 5) is 23.0. The number of carbonyl (C=O) groups excluding carboxylic acids is 1. The van der Waals surface area contributed by atoms with Crippen molar-refractivity contribution in [3.8, 4) is 11.3 Å². The first-order chi connectivity index (χ1) is 13.2. The smallest absolute Gasteiger partial charge is 0.259 e. The number of rotatable bonds is 5. The third-order valence-electron chi connectivity index (χ3n) is 4.25. The predicted molar refractivity (Wildman–Crippen MR) is 97.9 cm³/mol. The van der Waals surface area contributed by atoms with Crippen LogP contribution in [0.1, 0.15) is 29.0 Å². The van der Waals surface area contributed by atoms with Crippen molar-refractivity contribution in [1.29, 1.82) is 0 Å². The molecular formula is C19H18N6O2. The summed E-state index contributed by atoms with van der Waals surface area (Å²) in [6.07, 6.45) is 3.90. The largest absolute Gasteiger partial charge is 0.337 e. The van der Waals surface area contributed by atoms with Gasteiger partial charge < -0.3 is 9.42 Å². The molecule has 0 aliphatic rings. The van der Waals surface area contributed by atoms with Gasteiger partial charge in [-0.3, -0.25) is 4.79 Å². The highest BCUT2D eigenvalue weighted by Gasteiger charge is 2.21. The van der Waals surface area contributed by atoms with E-state index in [1.807, 2.05) is 43.3 Å². The number of aryl methyl sites for hydroxylation is 1. The summed E-state index contributed by atoms with van der Waals surface area (Å²) in [6.45, 7) is 2.17. The minimum atomic E-state index is -0.209. The second-order valence-corrected chi connectivity index (χ2v) is 6.11. The van der Waals surface area contributed by atoms with Crippen LogP contribution in [0.2, 0.25) is 0 Å². The monoisotopic (exact) mass is 362 g/mol. The summed E-state index contributed by atoms with van der Waals surface area (Å²) in [5.74, 6) is 0.812. The highest BCUT2D eigenvalue weighted by molar-refractivity contribution is 5.99. The van der Waals surface area contributed by atoms with Crippen molar-refractivity contribution in [2.75, 3.05) is 7.05 Å². The fourth-order valence-electron chi connectivity index (χ4n) is 2.85. The summed E-state index contributed by atoms with van der Waals surface area (Å²) < 4.78 is 6.85. The van der Waals surface area contributed by atoms with Crippen molar-refractivity contribution in [3.63, 3.8) is 0 Å². The van der Waals surface area contributed by atoms with Gasteiger partial charge in [-0.2, -0.15) is 10.1 Å². The Bertz CT molecular complexity index is 1090. The van der Waals surface area contributed by atoms with Crippen LogP contribution in [0.4, 0.5) is 0 Å². The van der Waals surface area contributed by atoms with E-state index in [0.717, 1.165) is 11.3 Å². The van der Waals surface area contributed by atoms with E-state index in [1.54, 1.807) is 24.0 Å². The van der Waals surface area contributed by atoms with Crippen LogP contribution in [0.5, 0.6) is 0 Å². The molecule has 0 atom stereocenters. The zero-order valence-corrected chi connectivity index (χ0v) is 15.0. The lowest BCUT2D eigenvalue weighted by Gasteiger charge is -2.13. The van der Waals surface area contributed by atoms with Crippen molar-refractivity contribution >= 4 is 11.6 Å². The van der Waals surface area contributed by atoms with E-state index in [2.05, 4.69) is 20.2 Å². The highest BCUT2D eigenvalue weighted by atomic mass is 16.5. The maximum atomic E-state index is 12.9. The predicted octanol–water partition coefficient (Wildman–Crippen LogP) is 2.61. The topological polar surface area (TPSA) is 89.4 Å². The van der Waals surface area contributed by atoms with Gasteiger partial charge in [0.1, 0.15) is 5.56 Å². The van der Waals surface area contributed by atoms with Crippen LogP contribution < -0.4 is 0 Å². The Morgan fingerprint density at radius 1 is 1.22 bits per heavy atom. The molecule has 27 heavy (non-hydrogen) atoms. The molecule has 0 aliphatic heterocycles. The minimum Gasteiger partial charge on any atom is -0.337 e. The van der Waals surface area contributed by atoms with Gasteiger partial charge >= 0.3 is 0 Å². The summed E-state index contributed by atoms with van der Waals surface area (Å²) in [5, 5.41) is 8.23. The van der Waals surface area contributed by atoms with E-state index in [0.29, 0.717) is 29.3 Å². The van der Waals surface area contributed by atoms with Gasteiger partial charge in [-0.15, -0.1) is 0 Å². The fraction of sp³-hybridized carbons (Fsp3) is 0.211. The lowest BCUT2D eigenvalue weighted by atomic mass is 10.1. The highest BCUT2D eigenvalue weighted by Crippen LogP contribution is 2.21. The van der Waals surface area contributed by atoms with Gasteiger partial charge in [0.2, 0.25) is 5.89 Å². The molecule has 8 heteroatoms. The molecule has 4 aromatic rings. The Hall–Kier alpha value is -3.55. The van der Waals surface area contributed by atoms with Crippen molar-refractivity contribution in [2.45, 2.75) is 19.9 Å². The van der Waals surface area contributed by atoms with Gasteiger partial charge in [-0.25, -0.2) is 9.50 Å². The molecule has 0 fully saturated rings. The van der Waals surface area contributed by atoms with Crippen LogP contribution in [0, 0.1) is 0 Å². The van der Waals surface area contributed by atoms with Gasteiger partial charge in [-0.05, 0) is 6.07 Å². The van der Waals surface area contributed by atoms with Crippen LogP contribution in [-0.4, -0.2) is 42.6 Å². The molecule has 0 bridgehead atoms. The molecule has 0 saturated heterocycles. The quantitative estimate of drug-likeness (QED) is 0.542. The van der Waals surface area contributed by atoms with Gasteiger partial charge in [0, 0.05) is 25.2 Å². The molecule has 0 N–H and O–H groups in total. The maximum absolute atomic E-state index is 12.9. The molecule has 1 amide bonds. The summed E-state index contributed by atoms with van der Waals surface area (Å²) in [6, 6.07) is 11.7. The number of carbonyl (C=O) groups is 1. The first-order valence-electron chi connectivity index (χ1n) is 8.62. The molecule has 8 nitrogen and oxygen atoms in total. The minimum absolute atomic E-state index is 0.209. The number of amides is 1. The Morgan fingerprint density at radius 2 is 2.04 bits per heavy atom. The Balaban J connectivity index is 1.64. The molecule has 136 valence electrons. The number of hydrogen-bond donors (Lipinski definition) is 0. The van der Waals surface area contributed by atoms with Crippen LogP contribution >= 0.6 is 0 Å². The molecule has 0 unspecified atom stereocenters. The normalized spacial score (nSPS) is 11.0. The second-order valence-electron chi connectivity index (χ2n) is 6.11. The molecule has 0 spiro atoms. The van der Waals surface area contributed by atoms with Crippen LogP contribution in [0.25, 0.3) is 16.9 Å².